The summed E-state index contributed by atoms with van der Waals surface area (Å²) < 4.78 is 19.4. The Kier molecular flexibility index (Phi) is 4.38. The summed E-state index contributed by atoms with van der Waals surface area (Å²) in [6.07, 6.45) is 7.93. The second kappa shape index (κ2) is 7.24. The third-order valence-corrected chi connectivity index (χ3v) is 7.07. The molecule has 6 rings (SSSR count). The van der Waals surface area contributed by atoms with Crippen LogP contribution >= 0.6 is 0 Å². The number of para-hydroxylation sites is 1. The molecule has 2 aliphatic rings. The molecule has 154 valence electrons. The van der Waals surface area contributed by atoms with Crippen LogP contribution in [0.5, 0.6) is 0 Å². The Balaban J connectivity index is 1.19. The van der Waals surface area contributed by atoms with Gasteiger partial charge >= 0.3 is 0 Å². The molecule has 30 heavy (non-hydrogen) atoms. The molecule has 2 aromatic heterocycles. The van der Waals surface area contributed by atoms with E-state index in [1.54, 1.807) is 12.1 Å². The van der Waals surface area contributed by atoms with Gasteiger partial charge in [-0.3, -0.25) is 4.90 Å². The molecule has 0 spiro atoms. The van der Waals surface area contributed by atoms with Gasteiger partial charge in [0.15, 0.2) is 5.58 Å². The van der Waals surface area contributed by atoms with E-state index in [1.807, 2.05) is 24.3 Å². The van der Waals surface area contributed by atoms with Crippen LogP contribution in [0.25, 0.3) is 21.9 Å². The SMILES string of the molecule is Fc1ccc2[nH]c3c(c2c1)[C@H]1CCC[C@@H](C3)N1CCCCc1noc2ccccc12. The molecule has 1 N–H and O–H groups in total. The molecule has 0 radical (unpaired) electrons. The quantitative estimate of drug-likeness (QED) is 0.421. The van der Waals surface area contributed by atoms with Gasteiger partial charge in [0.25, 0.3) is 0 Å². The third kappa shape index (κ3) is 2.95. The number of rotatable bonds is 5. The van der Waals surface area contributed by atoms with Crippen molar-refractivity contribution in [3.63, 3.8) is 0 Å². The zero-order valence-corrected chi connectivity index (χ0v) is 17.0. The second-order valence-electron chi connectivity index (χ2n) is 8.83. The molecule has 0 aliphatic carbocycles. The van der Waals surface area contributed by atoms with E-state index in [0.29, 0.717) is 12.1 Å². The molecule has 4 heterocycles. The van der Waals surface area contributed by atoms with Crippen LogP contribution in [-0.4, -0.2) is 27.6 Å². The maximum Gasteiger partial charge on any atom is 0.167 e. The minimum absolute atomic E-state index is 0.145. The van der Waals surface area contributed by atoms with E-state index in [2.05, 4.69) is 21.1 Å². The second-order valence-corrected chi connectivity index (χ2v) is 8.83. The van der Waals surface area contributed by atoms with Gasteiger partial charge in [-0.2, -0.15) is 0 Å². The predicted molar refractivity (Wildman–Crippen MR) is 116 cm³/mol. The molecule has 0 unspecified atom stereocenters. The van der Waals surface area contributed by atoms with Crippen LogP contribution in [0.2, 0.25) is 0 Å². The average molecular weight is 404 g/mol. The number of halogens is 1. The van der Waals surface area contributed by atoms with Crippen LogP contribution in [0.3, 0.4) is 0 Å². The molecule has 2 aliphatic heterocycles. The Labute approximate surface area is 175 Å². The number of piperidine rings is 1. The summed E-state index contributed by atoms with van der Waals surface area (Å²) in [7, 11) is 0. The number of nitrogens with one attached hydrogen (secondary N) is 1. The van der Waals surface area contributed by atoms with Gasteiger partial charge in [0.05, 0.1) is 5.69 Å². The fraction of sp³-hybridized carbons (Fsp3) is 0.400. The molecule has 4 aromatic rings. The van der Waals surface area contributed by atoms with Crippen molar-refractivity contribution in [1.29, 1.82) is 0 Å². The summed E-state index contributed by atoms with van der Waals surface area (Å²) in [4.78, 5) is 6.28. The smallest absolute Gasteiger partial charge is 0.167 e. The topological polar surface area (TPSA) is 45.1 Å². The van der Waals surface area contributed by atoms with Gasteiger partial charge in [-0.1, -0.05) is 17.3 Å². The molecular formula is C25H26FN3O. The van der Waals surface area contributed by atoms with Gasteiger partial charge in [-0.05, 0) is 81.0 Å². The van der Waals surface area contributed by atoms with E-state index in [1.165, 1.54) is 30.5 Å². The minimum Gasteiger partial charge on any atom is -0.358 e. The Hall–Kier alpha value is -2.66. The zero-order valence-electron chi connectivity index (χ0n) is 17.0. The van der Waals surface area contributed by atoms with Crippen molar-refractivity contribution < 1.29 is 8.91 Å². The van der Waals surface area contributed by atoms with Crippen LogP contribution < -0.4 is 0 Å². The first kappa shape index (κ1) is 18.1. The first-order valence-corrected chi connectivity index (χ1v) is 11.2. The minimum atomic E-state index is -0.145. The lowest BCUT2D eigenvalue weighted by Crippen LogP contribution is -2.46. The number of aryl methyl sites for hydroxylation is 1. The highest BCUT2D eigenvalue weighted by atomic mass is 19.1. The van der Waals surface area contributed by atoms with Crippen LogP contribution in [0.1, 0.15) is 55.1 Å². The first-order valence-electron chi connectivity index (χ1n) is 11.2. The standard InChI is InChI=1S/C25H26FN3O/c26-16-11-12-20-19(14-16)25-22(27-20)15-17-6-5-9-23(25)29(17)13-4-3-8-21-18-7-1-2-10-24(18)30-28-21/h1-2,7,10-12,14,17,23,27H,3-6,8-9,13,15H2/t17-,23+/m0/s1. The van der Waals surface area contributed by atoms with Gasteiger partial charge in [0, 0.05) is 40.5 Å². The zero-order chi connectivity index (χ0) is 20.1. The van der Waals surface area contributed by atoms with E-state index in [-0.39, 0.29) is 5.82 Å². The molecule has 5 heteroatoms. The Morgan fingerprint density at radius 1 is 1.10 bits per heavy atom. The molecule has 2 bridgehead atoms. The average Bonchev–Trinajstić information content (AvgIpc) is 3.32. The van der Waals surface area contributed by atoms with Gasteiger partial charge in [0.1, 0.15) is 5.82 Å². The molecule has 1 fully saturated rings. The molecule has 2 aromatic carbocycles. The van der Waals surface area contributed by atoms with Crippen molar-refractivity contribution in [2.45, 2.75) is 57.0 Å². The number of fused-ring (bicyclic) bond motifs is 7. The van der Waals surface area contributed by atoms with Gasteiger partial charge in [0.2, 0.25) is 0 Å². The highest BCUT2D eigenvalue weighted by Crippen LogP contribution is 2.45. The van der Waals surface area contributed by atoms with E-state index in [0.717, 1.165) is 59.8 Å². The lowest BCUT2D eigenvalue weighted by atomic mass is 9.82. The molecule has 0 amide bonds. The fourth-order valence-corrected chi connectivity index (χ4v) is 5.72. The van der Waals surface area contributed by atoms with Crippen LogP contribution in [-0.2, 0) is 12.8 Å². The third-order valence-electron chi connectivity index (χ3n) is 7.07. The number of hydrogen-bond donors (Lipinski definition) is 1. The predicted octanol–water partition coefficient (Wildman–Crippen LogP) is 5.92. The van der Waals surface area contributed by atoms with E-state index in [4.69, 9.17) is 4.52 Å². The van der Waals surface area contributed by atoms with Gasteiger partial charge in [-0.25, -0.2) is 4.39 Å². The highest BCUT2D eigenvalue weighted by Gasteiger charge is 2.38. The summed E-state index contributed by atoms with van der Waals surface area (Å²) >= 11 is 0. The normalized spacial score (nSPS) is 21.4. The number of aromatic nitrogens is 2. The molecule has 4 nitrogen and oxygen atoms in total. The van der Waals surface area contributed by atoms with Crippen LogP contribution in [0, 0.1) is 5.82 Å². The van der Waals surface area contributed by atoms with Gasteiger partial charge in [-0.15, -0.1) is 0 Å². The summed E-state index contributed by atoms with van der Waals surface area (Å²) in [6, 6.07) is 14.3. The Bertz CT molecular complexity index is 1210. The van der Waals surface area contributed by atoms with Crippen molar-refractivity contribution in [3.05, 3.63) is 65.2 Å². The van der Waals surface area contributed by atoms with Crippen molar-refractivity contribution in [2.75, 3.05) is 6.54 Å². The van der Waals surface area contributed by atoms with E-state index in [9.17, 15) is 4.39 Å². The largest absolute Gasteiger partial charge is 0.358 e. The molecular weight excluding hydrogens is 377 g/mol. The molecule has 2 atom stereocenters. The van der Waals surface area contributed by atoms with Crippen molar-refractivity contribution in [1.82, 2.24) is 15.0 Å². The highest BCUT2D eigenvalue weighted by molar-refractivity contribution is 5.85. The van der Waals surface area contributed by atoms with Crippen molar-refractivity contribution in [3.8, 4) is 0 Å². The Morgan fingerprint density at radius 3 is 3.00 bits per heavy atom. The lowest BCUT2D eigenvalue weighted by molar-refractivity contribution is 0.0676. The number of H-pyrrole nitrogens is 1. The van der Waals surface area contributed by atoms with E-state index >= 15 is 0 Å². The summed E-state index contributed by atoms with van der Waals surface area (Å²) in [6.45, 7) is 1.09. The number of hydrogen-bond acceptors (Lipinski definition) is 3. The van der Waals surface area contributed by atoms with Crippen molar-refractivity contribution in [2.24, 2.45) is 0 Å². The summed E-state index contributed by atoms with van der Waals surface area (Å²) in [5.41, 5.74) is 5.70. The number of benzene rings is 2. The van der Waals surface area contributed by atoms with Crippen LogP contribution in [0.15, 0.2) is 47.0 Å². The molecule has 1 saturated heterocycles. The maximum atomic E-state index is 14.0. The first-order chi connectivity index (χ1) is 14.8. The fourth-order valence-electron chi connectivity index (χ4n) is 5.72. The monoisotopic (exact) mass is 403 g/mol. The number of aromatic amines is 1. The lowest BCUT2D eigenvalue weighted by Gasteiger charge is -2.46. The number of nitrogens with zero attached hydrogens (tertiary/aromatic N) is 2. The van der Waals surface area contributed by atoms with Gasteiger partial charge < -0.3 is 9.51 Å². The van der Waals surface area contributed by atoms with Crippen molar-refractivity contribution >= 4 is 21.9 Å². The Morgan fingerprint density at radius 2 is 2.03 bits per heavy atom. The summed E-state index contributed by atoms with van der Waals surface area (Å²) in [5, 5.41) is 6.49. The maximum absolute atomic E-state index is 14.0. The summed E-state index contributed by atoms with van der Waals surface area (Å²) in [5.74, 6) is -0.145. The van der Waals surface area contributed by atoms with E-state index < -0.39 is 0 Å². The molecule has 0 saturated carbocycles. The number of unbranched alkanes of at least 4 members (excludes halogenated alkanes) is 1. The van der Waals surface area contributed by atoms with Crippen LogP contribution in [0.4, 0.5) is 4.39 Å².